The number of anilines is 1. The van der Waals surface area contributed by atoms with E-state index in [1.807, 2.05) is 75.4 Å². The van der Waals surface area contributed by atoms with Crippen LogP contribution in [0.25, 0.3) is 22.6 Å². The van der Waals surface area contributed by atoms with E-state index in [1.165, 1.54) is 0 Å². The molecule has 1 amide bonds. The first-order chi connectivity index (χ1) is 15.4. The standard InChI is InChI=1S/C25H23N3O3S/c1-15-10-16(2)12-18(11-15)24-27-20-13-19(8-9-22(20)31-24)26-25(32)28-23(29)14-30-21-7-5-4-6-17(21)3/h4-13H,14H2,1-3H3,(H2,26,28,29,32). The Morgan fingerprint density at radius 3 is 2.53 bits per heavy atom. The van der Waals surface area contributed by atoms with Crippen LogP contribution in [-0.4, -0.2) is 22.6 Å². The molecule has 0 saturated carbocycles. The lowest BCUT2D eigenvalue weighted by atomic mass is 10.1. The van der Waals surface area contributed by atoms with Crippen molar-refractivity contribution in [2.75, 3.05) is 11.9 Å². The van der Waals surface area contributed by atoms with E-state index in [1.54, 1.807) is 0 Å². The van der Waals surface area contributed by atoms with E-state index in [-0.39, 0.29) is 17.6 Å². The summed E-state index contributed by atoms with van der Waals surface area (Å²) in [6, 6.07) is 19.2. The maximum absolute atomic E-state index is 12.2. The lowest BCUT2D eigenvalue weighted by molar-refractivity contribution is -0.121. The van der Waals surface area contributed by atoms with Crippen molar-refractivity contribution >= 4 is 40.0 Å². The zero-order valence-electron chi connectivity index (χ0n) is 18.1. The molecule has 6 nitrogen and oxygen atoms in total. The number of nitrogens with one attached hydrogen (secondary N) is 2. The highest BCUT2D eigenvalue weighted by atomic mass is 32.1. The molecule has 0 fully saturated rings. The topological polar surface area (TPSA) is 76.4 Å². The van der Waals surface area contributed by atoms with Gasteiger partial charge in [0.15, 0.2) is 17.3 Å². The Hall–Kier alpha value is -3.71. The number of para-hydroxylation sites is 1. The van der Waals surface area contributed by atoms with Crippen LogP contribution in [0.5, 0.6) is 5.75 Å². The molecule has 0 aliphatic heterocycles. The van der Waals surface area contributed by atoms with Crippen molar-refractivity contribution in [2.45, 2.75) is 20.8 Å². The Kier molecular flexibility index (Phi) is 6.18. The number of aromatic nitrogens is 1. The second-order valence-electron chi connectivity index (χ2n) is 7.63. The van der Waals surface area contributed by atoms with Crippen LogP contribution in [-0.2, 0) is 4.79 Å². The smallest absolute Gasteiger partial charge is 0.264 e. The monoisotopic (exact) mass is 445 g/mol. The lowest BCUT2D eigenvalue weighted by Crippen LogP contribution is -2.37. The maximum Gasteiger partial charge on any atom is 0.264 e. The third-order valence-corrected chi connectivity index (χ3v) is 5.02. The van der Waals surface area contributed by atoms with Gasteiger partial charge in [-0.3, -0.25) is 10.1 Å². The number of nitrogens with zero attached hydrogens (tertiary/aromatic N) is 1. The third-order valence-electron chi connectivity index (χ3n) is 4.82. The van der Waals surface area contributed by atoms with Gasteiger partial charge in [0.2, 0.25) is 5.89 Å². The Morgan fingerprint density at radius 2 is 1.78 bits per heavy atom. The lowest BCUT2D eigenvalue weighted by Gasteiger charge is -2.11. The number of amides is 1. The highest BCUT2D eigenvalue weighted by molar-refractivity contribution is 7.80. The molecule has 0 aliphatic rings. The van der Waals surface area contributed by atoms with Crippen LogP contribution in [0.1, 0.15) is 16.7 Å². The number of fused-ring (bicyclic) bond motifs is 1. The molecule has 0 spiro atoms. The van der Waals surface area contributed by atoms with Crippen LogP contribution in [0.15, 0.2) is 65.1 Å². The van der Waals surface area contributed by atoms with Gasteiger partial charge in [-0.25, -0.2) is 4.98 Å². The molecule has 0 bridgehead atoms. The number of carbonyl (C=O) groups is 1. The van der Waals surface area contributed by atoms with Gasteiger partial charge in [-0.1, -0.05) is 35.4 Å². The Balaban J connectivity index is 1.39. The summed E-state index contributed by atoms with van der Waals surface area (Å²) < 4.78 is 11.5. The molecule has 1 aromatic heterocycles. The van der Waals surface area contributed by atoms with Crippen LogP contribution in [0.3, 0.4) is 0 Å². The minimum absolute atomic E-state index is 0.131. The quantitative estimate of drug-likeness (QED) is 0.405. The summed E-state index contributed by atoms with van der Waals surface area (Å²) >= 11 is 5.26. The molecule has 1 heterocycles. The zero-order valence-corrected chi connectivity index (χ0v) is 18.9. The number of rotatable bonds is 5. The van der Waals surface area contributed by atoms with Crippen molar-refractivity contribution in [1.82, 2.24) is 10.3 Å². The maximum atomic E-state index is 12.2. The van der Waals surface area contributed by atoms with Crippen LogP contribution >= 0.6 is 12.2 Å². The number of hydrogen-bond donors (Lipinski definition) is 2. The fraction of sp³-hybridized carbons (Fsp3) is 0.160. The summed E-state index contributed by atoms with van der Waals surface area (Å²) in [7, 11) is 0. The van der Waals surface area contributed by atoms with Gasteiger partial charge in [-0.05, 0) is 75.0 Å². The van der Waals surface area contributed by atoms with E-state index in [4.69, 9.17) is 21.4 Å². The second-order valence-corrected chi connectivity index (χ2v) is 8.04. The van der Waals surface area contributed by atoms with Crippen molar-refractivity contribution < 1.29 is 13.9 Å². The first-order valence-corrected chi connectivity index (χ1v) is 10.6. The summed E-state index contributed by atoms with van der Waals surface area (Å²) in [6.07, 6.45) is 0. The fourth-order valence-corrected chi connectivity index (χ4v) is 3.65. The molecule has 162 valence electrons. The van der Waals surface area contributed by atoms with Gasteiger partial charge in [0.25, 0.3) is 5.91 Å². The van der Waals surface area contributed by atoms with Crippen molar-refractivity contribution in [3.63, 3.8) is 0 Å². The second kappa shape index (κ2) is 9.20. The van der Waals surface area contributed by atoms with Crippen LogP contribution < -0.4 is 15.4 Å². The summed E-state index contributed by atoms with van der Waals surface area (Å²) in [5.74, 6) is 0.885. The predicted molar refractivity (Wildman–Crippen MR) is 130 cm³/mol. The van der Waals surface area contributed by atoms with Gasteiger partial charge in [0.1, 0.15) is 11.3 Å². The zero-order chi connectivity index (χ0) is 22.7. The molecule has 7 heteroatoms. The first-order valence-electron chi connectivity index (χ1n) is 10.2. The van der Waals surface area contributed by atoms with Crippen LogP contribution in [0.4, 0.5) is 5.69 Å². The molecule has 0 atom stereocenters. The summed E-state index contributed by atoms with van der Waals surface area (Å²) in [4.78, 5) is 16.8. The molecule has 3 aromatic carbocycles. The van der Waals surface area contributed by atoms with Crippen molar-refractivity contribution in [1.29, 1.82) is 0 Å². The molecule has 2 N–H and O–H groups in total. The fourth-order valence-electron chi connectivity index (χ4n) is 3.41. The van der Waals surface area contributed by atoms with Crippen LogP contribution in [0.2, 0.25) is 0 Å². The molecule has 0 aliphatic carbocycles. The minimum atomic E-state index is -0.342. The van der Waals surface area contributed by atoms with E-state index in [0.717, 1.165) is 22.3 Å². The first kappa shape index (κ1) is 21.5. The minimum Gasteiger partial charge on any atom is -0.483 e. The number of benzene rings is 3. The third kappa shape index (κ3) is 5.12. The Labute approximate surface area is 191 Å². The van der Waals surface area contributed by atoms with Gasteiger partial charge >= 0.3 is 0 Å². The van der Waals surface area contributed by atoms with Crippen molar-refractivity contribution in [2.24, 2.45) is 0 Å². The van der Waals surface area contributed by atoms with E-state index in [2.05, 4.69) is 21.7 Å². The van der Waals surface area contributed by atoms with Crippen molar-refractivity contribution in [3.05, 3.63) is 77.4 Å². The summed E-state index contributed by atoms with van der Waals surface area (Å²) in [6.45, 7) is 5.88. The molecule has 0 unspecified atom stereocenters. The van der Waals surface area contributed by atoms with Gasteiger partial charge < -0.3 is 14.5 Å². The summed E-state index contributed by atoms with van der Waals surface area (Å²) in [5.41, 5.74) is 6.26. The normalized spacial score (nSPS) is 10.7. The average molecular weight is 446 g/mol. The summed E-state index contributed by atoms with van der Waals surface area (Å²) in [5, 5.41) is 5.81. The molecule has 4 aromatic rings. The van der Waals surface area contributed by atoms with Gasteiger partial charge in [-0.15, -0.1) is 0 Å². The Morgan fingerprint density at radius 1 is 1.03 bits per heavy atom. The van der Waals surface area contributed by atoms with E-state index >= 15 is 0 Å². The molecular formula is C25H23N3O3S. The van der Waals surface area contributed by atoms with Crippen LogP contribution in [0, 0.1) is 20.8 Å². The number of thiocarbonyl (C=S) groups is 1. The van der Waals surface area contributed by atoms with E-state index in [0.29, 0.717) is 28.4 Å². The van der Waals surface area contributed by atoms with Gasteiger partial charge in [0, 0.05) is 11.3 Å². The van der Waals surface area contributed by atoms with Crippen molar-refractivity contribution in [3.8, 4) is 17.2 Å². The molecular weight excluding hydrogens is 422 g/mol. The number of aryl methyl sites for hydroxylation is 3. The predicted octanol–water partition coefficient (Wildman–Crippen LogP) is 5.31. The van der Waals surface area contributed by atoms with Gasteiger partial charge in [-0.2, -0.15) is 0 Å². The highest BCUT2D eigenvalue weighted by Gasteiger charge is 2.11. The SMILES string of the molecule is Cc1cc(C)cc(-c2nc3cc(NC(=S)NC(=O)COc4ccccc4C)ccc3o2)c1. The highest BCUT2D eigenvalue weighted by Crippen LogP contribution is 2.27. The van der Waals surface area contributed by atoms with E-state index in [9.17, 15) is 4.79 Å². The number of carbonyl (C=O) groups excluding carboxylic acids is 1. The Bertz CT molecular complexity index is 1290. The molecule has 4 rings (SSSR count). The molecule has 0 saturated heterocycles. The molecule has 0 radical (unpaired) electrons. The molecule has 32 heavy (non-hydrogen) atoms. The van der Waals surface area contributed by atoms with E-state index < -0.39 is 0 Å². The number of ether oxygens (including phenoxy) is 1. The largest absolute Gasteiger partial charge is 0.483 e. The average Bonchev–Trinajstić information content (AvgIpc) is 3.16. The number of hydrogen-bond acceptors (Lipinski definition) is 5. The van der Waals surface area contributed by atoms with Gasteiger partial charge in [0.05, 0.1) is 0 Å². The number of oxazole rings is 1.